The maximum absolute atomic E-state index is 13.9. The third-order valence-electron chi connectivity index (χ3n) is 6.37. The fourth-order valence-corrected chi connectivity index (χ4v) is 4.51. The molecule has 0 radical (unpaired) electrons. The number of fused-ring (bicyclic) bond motifs is 1. The molecular weight excluding hydrogens is 442 g/mol. The summed E-state index contributed by atoms with van der Waals surface area (Å²) in [6.45, 7) is 7.26. The zero-order chi connectivity index (χ0) is 24.4. The van der Waals surface area contributed by atoms with Gasteiger partial charge in [0.25, 0.3) is 5.56 Å². The fourth-order valence-electron chi connectivity index (χ4n) is 4.51. The van der Waals surface area contributed by atoms with Crippen LogP contribution in [0.4, 0.5) is 5.82 Å². The Bertz CT molecular complexity index is 1410. The van der Waals surface area contributed by atoms with E-state index in [2.05, 4.69) is 21.0 Å². The van der Waals surface area contributed by atoms with E-state index in [4.69, 9.17) is 14.5 Å². The summed E-state index contributed by atoms with van der Waals surface area (Å²) in [5.74, 6) is 1.95. The fraction of sp³-hybridized carbons (Fsp3) is 0.370. The molecule has 1 fully saturated rings. The van der Waals surface area contributed by atoms with E-state index >= 15 is 0 Å². The van der Waals surface area contributed by atoms with Crippen LogP contribution in [-0.4, -0.2) is 38.8 Å². The quantitative estimate of drug-likeness (QED) is 0.531. The predicted molar refractivity (Wildman–Crippen MR) is 135 cm³/mol. The number of nitrogens with one attached hydrogen (secondary N) is 1. The van der Waals surface area contributed by atoms with Crippen LogP contribution in [0.3, 0.4) is 0 Å². The summed E-state index contributed by atoms with van der Waals surface area (Å²) in [5.41, 5.74) is 6.41. The van der Waals surface area contributed by atoms with Crippen molar-refractivity contribution in [3.8, 4) is 0 Å². The average Bonchev–Trinajstić information content (AvgIpc) is 2.86. The largest absolute Gasteiger partial charge is 0.483 e. The third kappa shape index (κ3) is 4.76. The Kier molecular flexibility index (Phi) is 6.49. The lowest BCUT2D eigenvalue weighted by Gasteiger charge is -2.25. The number of hydrogen-bond donors (Lipinski definition) is 1. The molecule has 1 atom stereocenters. The van der Waals surface area contributed by atoms with Crippen molar-refractivity contribution < 1.29 is 9.47 Å². The van der Waals surface area contributed by atoms with Crippen LogP contribution in [-0.2, 0) is 9.47 Å². The number of rotatable bonds is 6. The number of aromatic nitrogens is 4. The van der Waals surface area contributed by atoms with Crippen LogP contribution in [0.5, 0.6) is 0 Å². The molecule has 8 nitrogen and oxygen atoms in total. The Morgan fingerprint density at radius 3 is 2.86 bits per heavy atom. The molecule has 35 heavy (non-hydrogen) atoms. The van der Waals surface area contributed by atoms with Crippen molar-refractivity contribution in [2.24, 2.45) is 0 Å². The summed E-state index contributed by atoms with van der Waals surface area (Å²) in [5, 5.41) is 4.03. The standard InChI is InChI=1S/C27H29N5O3/c1-17-6-4-9-23-24(17)27(33)32(26(31-23)19(3)30-25-18(2)15-28-16-29-25)20-7-5-8-22(14-20)35-21-10-12-34-13-11-21/h4-6,9,14-16,19,21H,7,10-13H2,1-3H3,(H,28,29,30). The molecule has 1 aliphatic heterocycles. The van der Waals surface area contributed by atoms with E-state index in [1.54, 1.807) is 10.8 Å². The minimum atomic E-state index is -0.295. The normalized spacial score (nSPS) is 17.1. The molecular formula is C27H29N5O3. The van der Waals surface area contributed by atoms with E-state index in [-0.39, 0.29) is 17.7 Å². The summed E-state index contributed by atoms with van der Waals surface area (Å²) in [6, 6.07) is 5.46. The molecule has 3 aromatic rings. The van der Waals surface area contributed by atoms with E-state index in [0.717, 1.165) is 29.7 Å². The van der Waals surface area contributed by atoms with Crippen molar-refractivity contribution in [2.75, 3.05) is 18.5 Å². The van der Waals surface area contributed by atoms with Crippen molar-refractivity contribution >= 4 is 22.4 Å². The summed E-state index contributed by atoms with van der Waals surface area (Å²) in [6.07, 6.45) is 9.40. The average molecular weight is 472 g/mol. The number of nitrogens with zero attached hydrogens (tertiary/aromatic N) is 4. The van der Waals surface area contributed by atoms with Gasteiger partial charge in [-0.05, 0) is 38.5 Å². The monoisotopic (exact) mass is 471 g/mol. The van der Waals surface area contributed by atoms with Gasteiger partial charge in [-0.15, -0.1) is 0 Å². The van der Waals surface area contributed by atoms with Gasteiger partial charge in [0.2, 0.25) is 0 Å². The van der Waals surface area contributed by atoms with E-state index in [1.165, 1.54) is 6.33 Å². The molecule has 1 N–H and O–H groups in total. The maximum Gasteiger partial charge on any atom is 0.266 e. The van der Waals surface area contributed by atoms with Gasteiger partial charge in [0, 0.05) is 42.8 Å². The second-order valence-corrected chi connectivity index (χ2v) is 8.98. The van der Waals surface area contributed by atoms with Gasteiger partial charge < -0.3 is 14.8 Å². The molecule has 0 spiro atoms. The number of aryl methyl sites for hydroxylation is 2. The lowest BCUT2D eigenvalue weighted by Crippen LogP contribution is -2.29. The number of allylic oxidation sites excluding steroid dienone is 2. The molecule has 5 rings (SSSR count). The first-order chi connectivity index (χ1) is 17.0. The van der Waals surface area contributed by atoms with Crippen molar-refractivity contribution in [3.63, 3.8) is 0 Å². The van der Waals surface area contributed by atoms with Gasteiger partial charge in [-0.3, -0.25) is 9.36 Å². The van der Waals surface area contributed by atoms with E-state index < -0.39 is 0 Å². The molecule has 0 amide bonds. The molecule has 2 aliphatic rings. The first-order valence-electron chi connectivity index (χ1n) is 12.0. The first-order valence-corrected chi connectivity index (χ1v) is 12.0. The SMILES string of the molecule is Cc1cncnc1NC(C)c1nc2cccc(C)c2c(=O)n1C1=CC(OC2CCOCC2)=C=CC1. The van der Waals surface area contributed by atoms with Crippen molar-refractivity contribution in [2.45, 2.75) is 52.2 Å². The zero-order valence-electron chi connectivity index (χ0n) is 20.2. The van der Waals surface area contributed by atoms with Crippen LogP contribution in [0.2, 0.25) is 0 Å². The summed E-state index contributed by atoms with van der Waals surface area (Å²) < 4.78 is 13.4. The van der Waals surface area contributed by atoms with Crippen molar-refractivity contribution in [1.82, 2.24) is 19.5 Å². The number of ether oxygens (including phenoxy) is 2. The van der Waals surface area contributed by atoms with Crippen molar-refractivity contribution in [1.29, 1.82) is 0 Å². The molecule has 1 aliphatic carbocycles. The molecule has 1 unspecified atom stereocenters. The smallest absolute Gasteiger partial charge is 0.266 e. The minimum Gasteiger partial charge on any atom is -0.483 e. The molecule has 0 saturated carbocycles. The van der Waals surface area contributed by atoms with Gasteiger partial charge in [0.1, 0.15) is 24.1 Å². The molecule has 180 valence electrons. The van der Waals surface area contributed by atoms with E-state index in [0.29, 0.717) is 47.9 Å². The van der Waals surface area contributed by atoms with Gasteiger partial charge in [0.15, 0.2) is 5.76 Å². The highest BCUT2D eigenvalue weighted by atomic mass is 16.5. The third-order valence-corrected chi connectivity index (χ3v) is 6.37. The van der Waals surface area contributed by atoms with E-state index in [1.807, 2.05) is 51.1 Å². The lowest BCUT2D eigenvalue weighted by molar-refractivity contribution is -0.000532. The highest BCUT2D eigenvalue weighted by Gasteiger charge is 2.23. The van der Waals surface area contributed by atoms with Crippen molar-refractivity contribution in [3.05, 3.63) is 81.7 Å². The van der Waals surface area contributed by atoms with Gasteiger partial charge in [-0.25, -0.2) is 15.0 Å². The zero-order valence-corrected chi connectivity index (χ0v) is 20.2. The molecule has 2 aromatic heterocycles. The molecule has 0 bridgehead atoms. The summed E-state index contributed by atoms with van der Waals surface area (Å²) in [4.78, 5) is 27.3. The van der Waals surface area contributed by atoms with Crippen LogP contribution < -0.4 is 10.9 Å². The Labute approximate surface area is 204 Å². The number of benzene rings is 1. The number of hydrogen-bond acceptors (Lipinski definition) is 7. The summed E-state index contributed by atoms with van der Waals surface area (Å²) in [7, 11) is 0. The molecule has 3 heterocycles. The first kappa shape index (κ1) is 23.0. The highest BCUT2D eigenvalue weighted by molar-refractivity contribution is 5.82. The second kappa shape index (κ2) is 9.86. The van der Waals surface area contributed by atoms with Crippen LogP contribution in [0, 0.1) is 13.8 Å². The topological polar surface area (TPSA) is 91.2 Å². The van der Waals surface area contributed by atoms with Gasteiger partial charge in [0.05, 0.1) is 30.2 Å². The molecule has 8 heteroatoms. The Balaban J connectivity index is 1.58. The Morgan fingerprint density at radius 1 is 1.23 bits per heavy atom. The minimum absolute atomic E-state index is 0.0877. The van der Waals surface area contributed by atoms with Gasteiger partial charge in [-0.2, -0.15) is 0 Å². The number of anilines is 1. The van der Waals surface area contributed by atoms with Crippen LogP contribution in [0.15, 0.2) is 59.2 Å². The summed E-state index contributed by atoms with van der Waals surface area (Å²) >= 11 is 0. The predicted octanol–water partition coefficient (Wildman–Crippen LogP) is 4.46. The van der Waals surface area contributed by atoms with Crippen LogP contribution in [0.25, 0.3) is 16.6 Å². The second-order valence-electron chi connectivity index (χ2n) is 8.98. The molecule has 1 aromatic carbocycles. The van der Waals surface area contributed by atoms with Crippen LogP contribution in [0.1, 0.15) is 49.2 Å². The Morgan fingerprint density at radius 2 is 2.06 bits per heavy atom. The van der Waals surface area contributed by atoms with Gasteiger partial charge >= 0.3 is 0 Å². The van der Waals surface area contributed by atoms with Crippen LogP contribution >= 0.6 is 0 Å². The highest BCUT2D eigenvalue weighted by Crippen LogP contribution is 2.27. The Hall–Kier alpha value is -3.74. The van der Waals surface area contributed by atoms with E-state index in [9.17, 15) is 4.79 Å². The lowest BCUT2D eigenvalue weighted by atomic mass is 10.1. The molecule has 1 saturated heterocycles. The maximum atomic E-state index is 13.9. The van der Waals surface area contributed by atoms with Gasteiger partial charge in [-0.1, -0.05) is 17.9 Å².